The summed E-state index contributed by atoms with van der Waals surface area (Å²) < 4.78 is 69.3. The van der Waals surface area contributed by atoms with Crippen LogP contribution in [0, 0.1) is 0 Å². The van der Waals surface area contributed by atoms with Crippen molar-refractivity contribution in [3.05, 3.63) is 24.4 Å². The molecule has 0 aromatic carbocycles. The predicted molar refractivity (Wildman–Crippen MR) is 283 cm³/mol. The van der Waals surface area contributed by atoms with Crippen LogP contribution >= 0.6 is 0 Å². The molecule has 90 heavy (non-hydrogen) atoms. The molecule has 7 rings (SSSR count). The Bertz CT molecular complexity index is 2330. The second-order valence-corrected chi connectivity index (χ2v) is 22.3. The van der Waals surface area contributed by atoms with E-state index in [0.29, 0.717) is 0 Å². The van der Waals surface area contributed by atoms with Crippen LogP contribution in [0.2, 0.25) is 0 Å². The number of hydrogen-bond acceptors (Lipinski definition) is 37. The Kier molecular flexibility index (Phi) is 27.4. The van der Waals surface area contributed by atoms with Gasteiger partial charge in [0.15, 0.2) is 37.7 Å². The van der Waals surface area contributed by atoms with Gasteiger partial charge in [-0.1, -0.05) is 6.07 Å². The Hall–Kier alpha value is -3.43. The minimum absolute atomic E-state index is 0.276. The van der Waals surface area contributed by atoms with Crippen molar-refractivity contribution in [3.63, 3.8) is 0 Å². The highest BCUT2D eigenvalue weighted by Gasteiger charge is 2.57. The van der Waals surface area contributed by atoms with E-state index in [4.69, 9.17) is 56.8 Å². The van der Waals surface area contributed by atoms with Gasteiger partial charge in [-0.2, -0.15) is 0 Å². The third-order valence-corrected chi connectivity index (χ3v) is 15.9. The van der Waals surface area contributed by atoms with Gasteiger partial charge < -0.3 is 180 Å². The van der Waals surface area contributed by atoms with Gasteiger partial charge in [-0.25, -0.2) is 4.98 Å². The smallest absolute Gasteiger partial charge is 0.217 e. The summed E-state index contributed by atoms with van der Waals surface area (Å²) >= 11 is 0. The number of carbonyl (C=O) groups excluding carboxylic acids is 2. The summed E-state index contributed by atoms with van der Waals surface area (Å²) in [6, 6.07) is 1.61. The van der Waals surface area contributed by atoms with Crippen molar-refractivity contribution in [1.82, 2.24) is 15.6 Å². The minimum Gasteiger partial charge on any atom is -0.394 e. The van der Waals surface area contributed by atoms with Crippen LogP contribution in [0.5, 0.6) is 0 Å². The molecule has 1 aromatic rings. The fourth-order valence-electron chi connectivity index (χ4n) is 10.9. The largest absolute Gasteiger partial charge is 0.394 e. The third kappa shape index (κ3) is 17.2. The van der Waals surface area contributed by atoms with E-state index < -0.39 is 267 Å². The molecule has 34 atom stereocenters. The van der Waals surface area contributed by atoms with Gasteiger partial charge in [0.2, 0.25) is 11.8 Å². The highest BCUT2D eigenvalue weighted by molar-refractivity contribution is 5.73. The Balaban J connectivity index is 1.17. The first-order valence-corrected chi connectivity index (χ1v) is 28.6. The van der Waals surface area contributed by atoms with E-state index in [-0.39, 0.29) is 12.4 Å². The predicted octanol–water partition coefficient (Wildman–Crippen LogP) is -14.8. The Labute approximate surface area is 510 Å². The van der Waals surface area contributed by atoms with Gasteiger partial charge in [0, 0.05) is 26.6 Å². The summed E-state index contributed by atoms with van der Waals surface area (Å²) in [6.07, 6.45) is -63.0. The molecule has 0 unspecified atom stereocenters. The normalized spacial score (nSPS) is 44.0. The monoisotopic (exact) mass is 1310 g/mol. The van der Waals surface area contributed by atoms with Crippen LogP contribution in [-0.4, -0.2) is 385 Å². The van der Waals surface area contributed by atoms with E-state index in [9.17, 15) is 117 Å². The lowest BCUT2D eigenvalue weighted by molar-refractivity contribution is -0.386. The number of carbonyl (C=O) groups is 2. The number of rotatable bonds is 27. The van der Waals surface area contributed by atoms with E-state index >= 15 is 0 Å². The van der Waals surface area contributed by atoms with Crippen molar-refractivity contribution in [2.75, 3.05) is 58.1 Å². The average Bonchev–Trinajstić information content (AvgIpc) is 1.06. The zero-order valence-electron chi connectivity index (χ0n) is 48.2. The molecule has 518 valence electrons. The molecule has 7 heterocycles. The Morgan fingerprint density at radius 2 is 0.911 bits per heavy atom. The molecular weight excluding hydrogens is 1230 g/mol. The molecule has 6 fully saturated rings. The van der Waals surface area contributed by atoms with Crippen LogP contribution in [0.1, 0.15) is 13.8 Å². The van der Waals surface area contributed by atoms with Crippen molar-refractivity contribution in [2.24, 2.45) is 0 Å². The summed E-state index contributed by atoms with van der Waals surface area (Å²) in [5, 5.41) is 236. The van der Waals surface area contributed by atoms with Gasteiger partial charge in [-0.3, -0.25) is 9.59 Å². The number of nitrogens with zero attached hydrogens (tertiary/aromatic N) is 1. The maximum atomic E-state index is 12.8. The molecule has 0 bridgehead atoms. The van der Waals surface area contributed by atoms with E-state index in [0.717, 1.165) is 13.8 Å². The quantitative estimate of drug-likeness (QED) is 0.0389. The van der Waals surface area contributed by atoms with E-state index in [1.807, 2.05) is 0 Å². The lowest BCUT2D eigenvalue weighted by atomic mass is 9.94. The molecule has 0 radical (unpaired) electrons. The molecule has 1 aromatic heterocycles. The highest BCUT2D eigenvalue weighted by atomic mass is 16.8. The van der Waals surface area contributed by atoms with Crippen LogP contribution in [0.25, 0.3) is 0 Å². The van der Waals surface area contributed by atoms with Crippen LogP contribution in [0.15, 0.2) is 24.4 Å². The fourth-order valence-corrected chi connectivity index (χ4v) is 10.9. The molecular formula is C51H84N4O35. The number of pyridine rings is 1. The molecule has 2 amide bonds. The number of ether oxygens (including phenoxy) is 12. The number of anilines is 1. The SMILES string of the molecule is CC(=O)N[C@H]1[C@H](O[C@@H]([C@H](O)[C@H](CNc2ccccn2)NC(C)=O)[C@H](O)CO)O[C@H](CO)[C@@H](O[C@@H]2O[C@H](CO[C@H]3O[C@H](CO[C@H]4O[C@H](CO)[C@@H](O)[C@H](O)[C@@H]4O)[C@@H](O)[C@H](O[C@H]4O[C@H](CO)[C@@H](O)[C@H](O)[C@@H]4O)[C@@H]3O)[C@@H](O)[C@H](O[C@H]3O[C@H](CO)[C@@H](O)[C@H](O)[C@@H]3O)[C@@H]2O)[C@@H]1O. The zero-order chi connectivity index (χ0) is 66.2. The molecule has 39 heteroatoms. The molecule has 0 spiro atoms. The molecule has 6 saturated heterocycles. The molecule has 24 N–H and O–H groups in total. The van der Waals surface area contributed by atoms with E-state index in [2.05, 4.69) is 20.9 Å². The zero-order valence-corrected chi connectivity index (χ0v) is 48.2. The lowest BCUT2D eigenvalue weighted by Crippen LogP contribution is -2.69. The first kappa shape index (κ1) is 74.0. The highest BCUT2D eigenvalue weighted by Crippen LogP contribution is 2.36. The lowest BCUT2D eigenvalue weighted by Gasteiger charge is -2.49. The molecule has 39 nitrogen and oxygen atoms in total. The summed E-state index contributed by atoms with van der Waals surface area (Å²) in [5.74, 6) is -1.27. The second kappa shape index (κ2) is 33.3. The van der Waals surface area contributed by atoms with Crippen molar-refractivity contribution in [1.29, 1.82) is 0 Å². The summed E-state index contributed by atoms with van der Waals surface area (Å²) in [7, 11) is 0. The van der Waals surface area contributed by atoms with Crippen molar-refractivity contribution in [2.45, 2.75) is 222 Å². The van der Waals surface area contributed by atoms with E-state index in [1.165, 1.54) is 6.20 Å². The maximum Gasteiger partial charge on any atom is 0.217 e. The van der Waals surface area contributed by atoms with Crippen LogP contribution in [0.4, 0.5) is 5.82 Å². The third-order valence-electron chi connectivity index (χ3n) is 15.9. The second-order valence-electron chi connectivity index (χ2n) is 22.3. The number of hydrogen-bond donors (Lipinski definition) is 24. The first-order chi connectivity index (χ1) is 42.7. The Morgan fingerprint density at radius 3 is 1.37 bits per heavy atom. The number of amides is 2. The topological polar surface area (TPSA) is 619 Å². The standard InChI is InChI=1S/C51H84N4O35/c1-15(61)54-17(7-53-25-5-3-4-6-52-25)27(64)42(18(63)8-56)87-46-26(55-16(2)62)33(70)43(22(12-60)84-46)88-51-41(78)45(90-50-39(76)36(73)30(67)21(11-59)83-50)32(69)24(86-51)14-80-48-40(77)44(89-49-38(75)35(72)29(66)20(10-58)82-49)31(68)23(85-48)13-79-47-37(74)34(71)28(65)19(9-57)81-47/h3-6,17-24,26-51,56-60,63-78H,7-14H2,1-2H3,(H,52,53)(H,54,61)(H,55,62)/t17-,18+,19+,20+,21+,22+,23+,24+,26+,27+,28+,29+,30+,31+,32+,33+,34-,35-,36-,37-,38-,39-,40-,41-,42+,43+,44-,45-,46-,47-,48-,49+,50+,51-/m0/s1. The number of aliphatic hydroxyl groups excluding tert-OH is 21. The summed E-state index contributed by atoms with van der Waals surface area (Å²) in [4.78, 5) is 29.3. The first-order valence-electron chi connectivity index (χ1n) is 28.6. The molecule has 0 aliphatic carbocycles. The van der Waals surface area contributed by atoms with Crippen molar-refractivity contribution >= 4 is 17.6 Å². The fraction of sp³-hybridized carbons (Fsp3) is 0.863. The van der Waals surface area contributed by atoms with Crippen LogP contribution in [-0.2, 0) is 66.4 Å². The van der Waals surface area contributed by atoms with Gasteiger partial charge in [0.05, 0.1) is 52.3 Å². The van der Waals surface area contributed by atoms with Gasteiger partial charge in [-0.15, -0.1) is 0 Å². The molecule has 6 aliphatic heterocycles. The summed E-state index contributed by atoms with van der Waals surface area (Å²) in [6.45, 7) is -5.24. The number of nitrogens with one attached hydrogen (secondary N) is 3. The maximum absolute atomic E-state index is 12.8. The van der Waals surface area contributed by atoms with Crippen LogP contribution < -0.4 is 16.0 Å². The number of aromatic nitrogens is 1. The van der Waals surface area contributed by atoms with Gasteiger partial charge >= 0.3 is 0 Å². The molecule has 0 saturated carbocycles. The van der Waals surface area contributed by atoms with Crippen molar-refractivity contribution < 1.29 is 174 Å². The summed E-state index contributed by atoms with van der Waals surface area (Å²) in [5.41, 5.74) is 0. The van der Waals surface area contributed by atoms with Gasteiger partial charge in [0.1, 0.15) is 171 Å². The average molecular weight is 1310 g/mol. The van der Waals surface area contributed by atoms with Gasteiger partial charge in [-0.05, 0) is 12.1 Å². The van der Waals surface area contributed by atoms with E-state index in [1.54, 1.807) is 18.2 Å². The van der Waals surface area contributed by atoms with Crippen molar-refractivity contribution in [3.8, 4) is 0 Å². The Morgan fingerprint density at radius 1 is 0.489 bits per heavy atom. The number of aliphatic hydroxyl groups is 21. The minimum atomic E-state index is -2.36. The van der Waals surface area contributed by atoms with Crippen LogP contribution in [0.3, 0.4) is 0 Å². The van der Waals surface area contributed by atoms with Gasteiger partial charge in [0.25, 0.3) is 0 Å². The molecule has 6 aliphatic rings.